The van der Waals surface area contributed by atoms with Gasteiger partial charge < -0.3 is 14.3 Å². The topological polar surface area (TPSA) is 50.3 Å². The first-order valence-corrected chi connectivity index (χ1v) is 10.2. The van der Waals surface area contributed by atoms with E-state index in [1.165, 1.54) is 37.9 Å². The van der Waals surface area contributed by atoms with Crippen molar-refractivity contribution in [3.8, 4) is 11.1 Å². The highest BCUT2D eigenvalue weighted by atomic mass is 16.5. The summed E-state index contributed by atoms with van der Waals surface area (Å²) in [6.07, 6.45) is 7.49. The van der Waals surface area contributed by atoms with Crippen molar-refractivity contribution in [2.24, 2.45) is 12.5 Å². The van der Waals surface area contributed by atoms with Crippen LogP contribution in [0, 0.1) is 5.41 Å². The molecule has 0 unspecified atom stereocenters. The Kier molecular flexibility index (Phi) is 4.37. The summed E-state index contributed by atoms with van der Waals surface area (Å²) in [5, 5.41) is 0.989. The van der Waals surface area contributed by atoms with Crippen LogP contribution >= 0.6 is 0 Å². The summed E-state index contributed by atoms with van der Waals surface area (Å²) >= 11 is 0. The minimum absolute atomic E-state index is 0.0127. The molecule has 5 nitrogen and oxygen atoms in total. The molecule has 3 aromatic rings. The second-order valence-electron chi connectivity index (χ2n) is 8.50. The Labute approximate surface area is 164 Å². The molecule has 0 bridgehead atoms. The van der Waals surface area contributed by atoms with Gasteiger partial charge >= 0.3 is 0 Å². The maximum absolute atomic E-state index is 12.3. The average Bonchev–Trinajstić information content (AvgIpc) is 3.30. The standard InChI is InChI=1S/C23H27N3O2/c1-25-9-5-19-20(14-24-21(19)22(25)27)18-4-2-3-17(13-18)15-26-10-6-23(16-26)7-11-28-12-8-23/h2-5,9,13-14,24H,6-8,10-12,15-16H2,1H3. The normalized spacial score (nSPS) is 19.6. The summed E-state index contributed by atoms with van der Waals surface area (Å²) in [4.78, 5) is 18.1. The van der Waals surface area contributed by atoms with Crippen molar-refractivity contribution in [1.29, 1.82) is 0 Å². The summed E-state index contributed by atoms with van der Waals surface area (Å²) in [5.41, 5.74) is 4.76. The maximum Gasteiger partial charge on any atom is 0.274 e. The van der Waals surface area contributed by atoms with Gasteiger partial charge in [0.15, 0.2) is 0 Å². The van der Waals surface area contributed by atoms with Gasteiger partial charge in [-0.15, -0.1) is 0 Å². The summed E-state index contributed by atoms with van der Waals surface area (Å²) in [6, 6.07) is 10.8. The van der Waals surface area contributed by atoms with E-state index in [0.29, 0.717) is 10.9 Å². The van der Waals surface area contributed by atoms with E-state index in [-0.39, 0.29) is 5.56 Å². The fourth-order valence-corrected chi connectivity index (χ4v) is 4.92. The van der Waals surface area contributed by atoms with Crippen molar-refractivity contribution in [2.45, 2.75) is 25.8 Å². The minimum atomic E-state index is 0.0127. The summed E-state index contributed by atoms with van der Waals surface area (Å²) in [6.45, 7) is 5.18. The quantitative estimate of drug-likeness (QED) is 0.760. The highest BCUT2D eigenvalue weighted by Crippen LogP contribution is 2.40. The lowest BCUT2D eigenvalue weighted by atomic mass is 9.80. The van der Waals surface area contributed by atoms with Crippen LogP contribution in [0.4, 0.5) is 0 Å². The second-order valence-corrected chi connectivity index (χ2v) is 8.50. The van der Waals surface area contributed by atoms with E-state index in [0.717, 1.165) is 36.3 Å². The Balaban J connectivity index is 1.39. The number of pyridine rings is 1. The van der Waals surface area contributed by atoms with Crippen LogP contribution in [0.5, 0.6) is 0 Å². The maximum atomic E-state index is 12.3. The fourth-order valence-electron chi connectivity index (χ4n) is 4.92. The van der Waals surface area contributed by atoms with Crippen molar-refractivity contribution in [2.75, 3.05) is 26.3 Å². The lowest BCUT2D eigenvalue weighted by Gasteiger charge is -2.33. The number of aromatic amines is 1. The molecule has 2 fully saturated rings. The second kappa shape index (κ2) is 6.90. The van der Waals surface area contributed by atoms with Gasteiger partial charge in [-0.2, -0.15) is 0 Å². The predicted molar refractivity (Wildman–Crippen MR) is 111 cm³/mol. The smallest absolute Gasteiger partial charge is 0.274 e. The Morgan fingerprint density at radius 3 is 2.89 bits per heavy atom. The molecule has 0 saturated carbocycles. The highest BCUT2D eigenvalue weighted by Gasteiger charge is 2.39. The van der Waals surface area contributed by atoms with Crippen molar-refractivity contribution >= 4 is 10.9 Å². The number of H-pyrrole nitrogens is 1. The van der Waals surface area contributed by atoms with Gasteiger partial charge in [0.1, 0.15) is 5.52 Å². The molecular formula is C23H27N3O2. The van der Waals surface area contributed by atoms with Gasteiger partial charge in [-0.25, -0.2) is 0 Å². The zero-order chi connectivity index (χ0) is 19.1. The summed E-state index contributed by atoms with van der Waals surface area (Å²) < 4.78 is 7.18. The Hall–Kier alpha value is -2.37. The lowest BCUT2D eigenvalue weighted by molar-refractivity contribution is 0.0190. The van der Waals surface area contributed by atoms with Gasteiger partial charge in [-0.05, 0) is 54.5 Å². The summed E-state index contributed by atoms with van der Waals surface area (Å²) in [5.74, 6) is 0. The van der Waals surface area contributed by atoms with Crippen LogP contribution in [0.2, 0.25) is 0 Å². The highest BCUT2D eigenvalue weighted by molar-refractivity contribution is 5.95. The van der Waals surface area contributed by atoms with Crippen LogP contribution in [-0.2, 0) is 18.3 Å². The molecule has 2 aliphatic rings. The van der Waals surface area contributed by atoms with Gasteiger partial charge in [0.2, 0.25) is 0 Å². The molecular weight excluding hydrogens is 350 g/mol. The number of fused-ring (bicyclic) bond motifs is 1. The molecule has 28 heavy (non-hydrogen) atoms. The number of likely N-dealkylation sites (tertiary alicyclic amines) is 1. The predicted octanol–water partition coefficient (Wildman–Crippen LogP) is 3.54. The molecule has 0 aliphatic carbocycles. The third kappa shape index (κ3) is 3.09. The zero-order valence-electron chi connectivity index (χ0n) is 16.4. The molecule has 2 aromatic heterocycles. The van der Waals surface area contributed by atoms with Crippen LogP contribution in [0.3, 0.4) is 0 Å². The zero-order valence-corrected chi connectivity index (χ0v) is 16.4. The number of nitrogens with zero attached hydrogens (tertiary/aromatic N) is 2. The average molecular weight is 377 g/mol. The van der Waals surface area contributed by atoms with Crippen LogP contribution in [0.1, 0.15) is 24.8 Å². The molecule has 5 rings (SSSR count). The van der Waals surface area contributed by atoms with E-state index in [2.05, 4.69) is 34.1 Å². The number of benzene rings is 1. The van der Waals surface area contributed by atoms with Gasteiger partial charge in [0.25, 0.3) is 5.56 Å². The van der Waals surface area contributed by atoms with Crippen LogP contribution < -0.4 is 5.56 Å². The number of hydrogen-bond acceptors (Lipinski definition) is 3. The third-order valence-corrected chi connectivity index (χ3v) is 6.63. The number of nitrogens with one attached hydrogen (secondary N) is 1. The van der Waals surface area contributed by atoms with Crippen molar-refractivity contribution in [3.63, 3.8) is 0 Å². The molecule has 1 aromatic carbocycles. The van der Waals surface area contributed by atoms with Crippen LogP contribution in [0.25, 0.3) is 22.0 Å². The molecule has 0 radical (unpaired) electrons. The molecule has 1 N–H and O–H groups in total. The number of hydrogen-bond donors (Lipinski definition) is 1. The number of ether oxygens (including phenoxy) is 1. The van der Waals surface area contributed by atoms with Crippen molar-refractivity contribution in [3.05, 3.63) is 58.6 Å². The number of rotatable bonds is 3. The molecule has 146 valence electrons. The SMILES string of the molecule is Cn1ccc2c(-c3cccc(CN4CCC5(CCOCC5)C4)c3)c[nH]c2c1=O. The van der Waals surface area contributed by atoms with E-state index in [9.17, 15) is 4.79 Å². The Bertz CT molecular complexity index is 1060. The summed E-state index contributed by atoms with van der Waals surface area (Å²) in [7, 11) is 1.78. The van der Waals surface area contributed by atoms with Crippen molar-refractivity contribution < 1.29 is 4.74 Å². The molecule has 0 atom stereocenters. The lowest BCUT2D eigenvalue weighted by Crippen LogP contribution is -2.32. The minimum Gasteiger partial charge on any atom is -0.381 e. The largest absolute Gasteiger partial charge is 0.381 e. The third-order valence-electron chi connectivity index (χ3n) is 6.63. The molecule has 5 heteroatoms. The van der Waals surface area contributed by atoms with Gasteiger partial charge in [0.05, 0.1) is 0 Å². The van der Waals surface area contributed by atoms with E-state index < -0.39 is 0 Å². The first-order chi connectivity index (χ1) is 13.6. The number of aromatic nitrogens is 2. The molecule has 2 saturated heterocycles. The van der Waals surface area contributed by atoms with Gasteiger partial charge in [-0.1, -0.05) is 18.2 Å². The first kappa shape index (κ1) is 17.7. The van der Waals surface area contributed by atoms with E-state index in [1.807, 2.05) is 18.5 Å². The Morgan fingerprint density at radius 1 is 1.18 bits per heavy atom. The van der Waals surface area contributed by atoms with Gasteiger partial charge in [-0.3, -0.25) is 9.69 Å². The molecule has 0 amide bonds. The van der Waals surface area contributed by atoms with Crippen LogP contribution in [0.15, 0.2) is 47.5 Å². The van der Waals surface area contributed by atoms with E-state index in [4.69, 9.17) is 4.74 Å². The number of aryl methyl sites for hydroxylation is 1. The molecule has 2 aliphatic heterocycles. The first-order valence-electron chi connectivity index (χ1n) is 10.2. The fraction of sp³-hybridized carbons (Fsp3) is 0.435. The van der Waals surface area contributed by atoms with E-state index in [1.54, 1.807) is 11.6 Å². The van der Waals surface area contributed by atoms with Crippen LogP contribution in [-0.4, -0.2) is 40.8 Å². The monoisotopic (exact) mass is 377 g/mol. The Morgan fingerprint density at radius 2 is 2.04 bits per heavy atom. The van der Waals surface area contributed by atoms with E-state index >= 15 is 0 Å². The molecule has 4 heterocycles. The van der Waals surface area contributed by atoms with Gasteiger partial charge in [0, 0.05) is 56.7 Å². The van der Waals surface area contributed by atoms with Crippen molar-refractivity contribution in [1.82, 2.24) is 14.5 Å². The molecule has 1 spiro atoms.